The molecule has 0 bridgehead atoms. The lowest BCUT2D eigenvalue weighted by atomic mass is 9.99. The number of aliphatic hydroxyl groups is 1. The first-order valence-electron chi connectivity index (χ1n) is 36.7. The number of hydrogen-bond donors (Lipinski definition) is 3. The molecule has 0 rings (SSSR count). The molecule has 0 aromatic rings. The van der Waals surface area contributed by atoms with Gasteiger partial charge in [0, 0.05) is 25.7 Å². The summed E-state index contributed by atoms with van der Waals surface area (Å²) in [6.07, 6.45) is 50.3. The summed E-state index contributed by atoms with van der Waals surface area (Å²) in [5.41, 5.74) is 0. The molecule has 0 fully saturated rings. The molecule has 19 heteroatoms. The third-order valence-corrected chi connectivity index (χ3v) is 18.5. The average molecular weight is 1310 g/mol. The number of carbonyl (C=O) groups excluding carboxylic acids is 4. The minimum absolute atomic E-state index is 0.106. The van der Waals surface area contributed by atoms with E-state index in [1.54, 1.807) is 0 Å². The van der Waals surface area contributed by atoms with E-state index >= 15 is 0 Å². The van der Waals surface area contributed by atoms with Crippen LogP contribution in [0.4, 0.5) is 0 Å². The Labute approximate surface area is 543 Å². The number of phosphoric acid groups is 2. The van der Waals surface area contributed by atoms with Gasteiger partial charge in [0.1, 0.15) is 19.3 Å². The molecule has 0 saturated heterocycles. The predicted octanol–water partition coefficient (Wildman–Crippen LogP) is 20.1. The lowest BCUT2D eigenvalue weighted by Crippen LogP contribution is -2.30. The molecule has 0 spiro atoms. The maximum absolute atomic E-state index is 13.0. The molecule has 0 aliphatic carbocycles. The fraction of sp³-hybridized carbons (Fsp3) is 0.943. The van der Waals surface area contributed by atoms with Gasteiger partial charge in [-0.05, 0) is 31.6 Å². The van der Waals surface area contributed by atoms with Gasteiger partial charge in [-0.3, -0.25) is 37.3 Å². The molecule has 0 aromatic carbocycles. The summed E-state index contributed by atoms with van der Waals surface area (Å²) in [4.78, 5) is 72.2. The van der Waals surface area contributed by atoms with Gasteiger partial charge in [-0.25, -0.2) is 9.13 Å². The summed E-state index contributed by atoms with van der Waals surface area (Å²) in [5.74, 6) is -1.26. The largest absolute Gasteiger partial charge is 0.472 e. The Morgan fingerprint density at radius 2 is 0.539 bits per heavy atom. The van der Waals surface area contributed by atoms with E-state index in [-0.39, 0.29) is 25.7 Å². The molecule has 0 heterocycles. The van der Waals surface area contributed by atoms with Crippen molar-refractivity contribution >= 4 is 39.5 Å². The van der Waals surface area contributed by atoms with Crippen LogP contribution in [-0.2, 0) is 65.4 Å². The van der Waals surface area contributed by atoms with Gasteiger partial charge in [0.2, 0.25) is 0 Å². The zero-order chi connectivity index (χ0) is 65.6. The first-order valence-corrected chi connectivity index (χ1v) is 39.7. The molecule has 0 aliphatic heterocycles. The molecule has 3 unspecified atom stereocenters. The number of phosphoric ester groups is 2. The average Bonchev–Trinajstić information content (AvgIpc) is 3.62. The normalized spacial score (nSPS) is 14.4. The summed E-state index contributed by atoms with van der Waals surface area (Å²) in [6, 6.07) is 0. The predicted molar refractivity (Wildman–Crippen MR) is 358 cm³/mol. The SMILES string of the molecule is CCCCCCCCCCCCCC(=O)OC[C@H](COP(=O)(O)OC[C@@H](O)COP(=O)(O)OC[C@@H](COC(=O)CCCCCCC)OC(=O)CCCCCCCCCCCCC)OC(=O)CCCCCCCCCCCCCCCCCCCCC(C)CC. The van der Waals surface area contributed by atoms with E-state index in [9.17, 15) is 43.2 Å². The Kier molecular flexibility index (Phi) is 62.1. The summed E-state index contributed by atoms with van der Waals surface area (Å²) in [6.45, 7) is 7.21. The number of carbonyl (C=O) groups is 4. The molecule has 6 atom stereocenters. The summed E-state index contributed by atoms with van der Waals surface area (Å²) < 4.78 is 68.0. The molecule has 3 N–H and O–H groups in total. The number of rotatable bonds is 70. The highest BCUT2D eigenvalue weighted by molar-refractivity contribution is 7.47. The summed E-state index contributed by atoms with van der Waals surface area (Å²) >= 11 is 0. The fourth-order valence-electron chi connectivity index (χ4n) is 10.6. The molecular formula is C70H136O17P2. The topological polar surface area (TPSA) is 237 Å². The van der Waals surface area contributed by atoms with Gasteiger partial charge in [0.05, 0.1) is 26.4 Å². The van der Waals surface area contributed by atoms with Crippen molar-refractivity contribution in [2.24, 2.45) is 5.92 Å². The van der Waals surface area contributed by atoms with E-state index < -0.39 is 97.5 Å². The van der Waals surface area contributed by atoms with Gasteiger partial charge in [0.25, 0.3) is 0 Å². The maximum Gasteiger partial charge on any atom is 0.472 e. The molecule has 17 nitrogen and oxygen atoms in total. The molecule has 0 saturated carbocycles. The van der Waals surface area contributed by atoms with E-state index in [0.717, 1.165) is 102 Å². The second-order valence-electron chi connectivity index (χ2n) is 25.5. The van der Waals surface area contributed by atoms with Crippen LogP contribution in [0, 0.1) is 5.92 Å². The first-order chi connectivity index (χ1) is 43.1. The van der Waals surface area contributed by atoms with Crippen molar-refractivity contribution in [3.63, 3.8) is 0 Å². The van der Waals surface area contributed by atoms with Gasteiger partial charge in [-0.15, -0.1) is 0 Å². The van der Waals surface area contributed by atoms with Crippen molar-refractivity contribution in [2.45, 2.75) is 380 Å². The van der Waals surface area contributed by atoms with Gasteiger partial charge < -0.3 is 33.8 Å². The van der Waals surface area contributed by atoms with E-state index in [1.807, 2.05) is 0 Å². The molecule has 0 aliphatic rings. The van der Waals surface area contributed by atoms with Crippen molar-refractivity contribution in [1.82, 2.24) is 0 Å². The van der Waals surface area contributed by atoms with E-state index in [0.29, 0.717) is 25.7 Å². The quantitative estimate of drug-likeness (QED) is 0.0222. The molecule has 528 valence electrons. The highest BCUT2D eigenvalue weighted by Gasteiger charge is 2.30. The lowest BCUT2D eigenvalue weighted by molar-refractivity contribution is -0.161. The Bertz CT molecular complexity index is 1720. The van der Waals surface area contributed by atoms with Gasteiger partial charge >= 0.3 is 39.5 Å². The molecule has 0 amide bonds. The number of unbranched alkanes of at least 4 members (excludes halogenated alkanes) is 41. The molecule has 0 radical (unpaired) electrons. The van der Waals surface area contributed by atoms with Crippen LogP contribution in [0.15, 0.2) is 0 Å². The van der Waals surface area contributed by atoms with Gasteiger partial charge in [0.15, 0.2) is 12.2 Å². The highest BCUT2D eigenvalue weighted by atomic mass is 31.2. The minimum atomic E-state index is -4.95. The zero-order valence-electron chi connectivity index (χ0n) is 57.6. The summed E-state index contributed by atoms with van der Waals surface area (Å²) in [5, 5.41) is 10.5. The smallest absolute Gasteiger partial charge is 0.462 e. The van der Waals surface area contributed by atoms with Crippen LogP contribution in [0.3, 0.4) is 0 Å². The maximum atomic E-state index is 13.0. The van der Waals surface area contributed by atoms with E-state index in [4.69, 9.17) is 37.0 Å². The summed E-state index contributed by atoms with van der Waals surface area (Å²) in [7, 11) is -9.88. The molecule has 89 heavy (non-hydrogen) atoms. The van der Waals surface area contributed by atoms with Crippen molar-refractivity contribution in [3.8, 4) is 0 Å². The Hall–Kier alpha value is -1.94. The van der Waals surface area contributed by atoms with Crippen molar-refractivity contribution in [3.05, 3.63) is 0 Å². The third-order valence-electron chi connectivity index (χ3n) is 16.6. The second-order valence-corrected chi connectivity index (χ2v) is 28.4. The van der Waals surface area contributed by atoms with Crippen molar-refractivity contribution in [2.75, 3.05) is 39.6 Å². The third kappa shape index (κ3) is 63.2. The zero-order valence-corrected chi connectivity index (χ0v) is 59.4. The Morgan fingerprint density at radius 1 is 0.315 bits per heavy atom. The van der Waals surface area contributed by atoms with E-state index in [1.165, 1.54) is 180 Å². The van der Waals surface area contributed by atoms with Gasteiger partial charge in [-0.1, -0.05) is 311 Å². The highest BCUT2D eigenvalue weighted by Crippen LogP contribution is 2.45. The second kappa shape index (κ2) is 63.5. The number of aliphatic hydroxyl groups excluding tert-OH is 1. The number of esters is 4. The Balaban J connectivity index is 5.07. The van der Waals surface area contributed by atoms with Gasteiger partial charge in [-0.2, -0.15) is 0 Å². The van der Waals surface area contributed by atoms with Crippen LogP contribution in [0.2, 0.25) is 0 Å². The van der Waals surface area contributed by atoms with Crippen LogP contribution in [0.25, 0.3) is 0 Å². The van der Waals surface area contributed by atoms with Crippen LogP contribution in [0.5, 0.6) is 0 Å². The van der Waals surface area contributed by atoms with Crippen LogP contribution < -0.4 is 0 Å². The number of hydrogen-bond acceptors (Lipinski definition) is 15. The van der Waals surface area contributed by atoms with Crippen LogP contribution in [-0.4, -0.2) is 96.7 Å². The minimum Gasteiger partial charge on any atom is -0.462 e. The van der Waals surface area contributed by atoms with E-state index in [2.05, 4.69) is 34.6 Å². The number of ether oxygens (including phenoxy) is 4. The van der Waals surface area contributed by atoms with Crippen molar-refractivity contribution in [1.29, 1.82) is 0 Å². The Morgan fingerprint density at radius 3 is 0.798 bits per heavy atom. The first kappa shape index (κ1) is 87.1. The molecular weight excluding hydrogens is 1170 g/mol. The molecule has 0 aromatic heterocycles. The lowest BCUT2D eigenvalue weighted by Gasteiger charge is -2.21. The fourth-order valence-corrected chi connectivity index (χ4v) is 12.2. The van der Waals surface area contributed by atoms with Crippen LogP contribution in [0.1, 0.15) is 362 Å². The standard InChI is InChI=1S/C70H136O17P2/c1-6-10-13-16-18-20-30-35-39-44-49-54-68(73)81-60-66(87-70(75)56-51-46-41-37-33-29-27-25-23-22-24-26-28-32-34-38-43-47-52-63(5)9-4)62-85-89(78,79)83-58-64(71)57-82-88(76,77)84-61-65(59-80-67(72)53-48-42-15-12-8-3)86-69(74)55-50-45-40-36-31-21-19-17-14-11-7-2/h63-66,71H,6-62H2,1-5H3,(H,76,77)(H,78,79)/t63?,64-,65+,66+/m0/s1. The van der Waals surface area contributed by atoms with Crippen molar-refractivity contribution < 1.29 is 80.2 Å². The van der Waals surface area contributed by atoms with Crippen LogP contribution >= 0.6 is 15.6 Å². The monoisotopic (exact) mass is 1310 g/mol.